The molecule has 8 heteroatoms. The molecule has 168 valence electrons. The van der Waals surface area contributed by atoms with Gasteiger partial charge in [-0.15, -0.1) is 24.0 Å². The number of hydrogen-bond donors (Lipinski definition) is 2. The van der Waals surface area contributed by atoms with Crippen molar-refractivity contribution in [3.63, 3.8) is 0 Å². The molecule has 1 spiro atoms. The molecular weight excluding hydrogens is 483 g/mol. The third kappa shape index (κ3) is 7.86. The van der Waals surface area contributed by atoms with Crippen molar-refractivity contribution < 1.29 is 14.3 Å². The third-order valence-electron chi connectivity index (χ3n) is 6.18. The van der Waals surface area contributed by atoms with Crippen LogP contribution in [0.15, 0.2) is 4.99 Å². The number of aliphatic imine (C=N–C) groups is 1. The fourth-order valence-corrected chi connectivity index (χ4v) is 4.38. The normalized spacial score (nSPS) is 24.8. The van der Waals surface area contributed by atoms with Gasteiger partial charge >= 0.3 is 0 Å². The Kier molecular flexibility index (Phi) is 10.5. The maximum atomic E-state index is 11.9. The predicted octanol–water partition coefficient (Wildman–Crippen LogP) is 2.88. The Balaban J connectivity index is 0.00000300. The van der Waals surface area contributed by atoms with Gasteiger partial charge in [-0.2, -0.15) is 0 Å². The average molecular weight is 522 g/mol. The number of carbonyl (C=O) groups is 1. The van der Waals surface area contributed by atoms with Crippen LogP contribution in [0.4, 0.5) is 0 Å². The first-order valence-corrected chi connectivity index (χ1v) is 11.1. The average Bonchev–Trinajstić information content (AvgIpc) is 3.10. The number of halogens is 1. The summed E-state index contributed by atoms with van der Waals surface area (Å²) in [5.41, 5.74) is 0. The lowest BCUT2D eigenvalue weighted by molar-refractivity contribution is -0.186. The highest BCUT2D eigenvalue weighted by atomic mass is 127. The van der Waals surface area contributed by atoms with Crippen molar-refractivity contribution in [1.82, 2.24) is 15.5 Å². The smallest absolute Gasteiger partial charge is 0.243 e. The second kappa shape index (κ2) is 12.3. The Labute approximate surface area is 192 Å². The van der Waals surface area contributed by atoms with E-state index in [-0.39, 0.29) is 48.3 Å². The van der Waals surface area contributed by atoms with Crippen LogP contribution in [0.25, 0.3) is 0 Å². The van der Waals surface area contributed by atoms with Gasteiger partial charge in [-0.1, -0.05) is 25.7 Å². The quantitative estimate of drug-likeness (QED) is 0.319. The largest absolute Gasteiger partial charge is 0.356 e. The minimum atomic E-state index is -0.349. The maximum absolute atomic E-state index is 11.9. The van der Waals surface area contributed by atoms with Gasteiger partial charge in [0.15, 0.2) is 11.7 Å². The summed E-state index contributed by atoms with van der Waals surface area (Å²) in [4.78, 5) is 18.0. The summed E-state index contributed by atoms with van der Waals surface area (Å²) in [5, 5.41) is 6.83. The monoisotopic (exact) mass is 522 g/mol. The van der Waals surface area contributed by atoms with Gasteiger partial charge in [0.05, 0.1) is 6.61 Å². The van der Waals surface area contributed by atoms with Crippen LogP contribution >= 0.6 is 24.0 Å². The molecule has 29 heavy (non-hydrogen) atoms. The molecule has 2 saturated carbocycles. The molecule has 1 saturated heterocycles. The van der Waals surface area contributed by atoms with Crippen molar-refractivity contribution in [1.29, 1.82) is 0 Å². The number of guanidine groups is 1. The van der Waals surface area contributed by atoms with Gasteiger partial charge in [0.1, 0.15) is 12.6 Å². The zero-order valence-corrected chi connectivity index (χ0v) is 20.4. The van der Waals surface area contributed by atoms with Crippen LogP contribution < -0.4 is 10.6 Å². The third-order valence-corrected chi connectivity index (χ3v) is 6.18. The highest BCUT2D eigenvalue weighted by molar-refractivity contribution is 14.0. The molecule has 7 nitrogen and oxygen atoms in total. The van der Waals surface area contributed by atoms with Crippen LogP contribution in [0, 0.1) is 5.92 Å². The molecule has 0 aromatic heterocycles. The number of ether oxygens (including phenoxy) is 2. The molecule has 0 bridgehead atoms. The Morgan fingerprint density at radius 1 is 1.03 bits per heavy atom. The standard InChI is InChI=1S/C21H38N4O3.HI/c1-25(2)19(26)15-24-20(22-13-17-9-5-3-6-10-17)23-14-18-16-27-21(28-18)11-7-4-8-12-21;/h17-18H,3-16H2,1-2H3,(H2,22,23,24);1H. The fraction of sp³-hybridized carbons (Fsp3) is 0.905. The minimum absolute atomic E-state index is 0. The summed E-state index contributed by atoms with van der Waals surface area (Å²) < 4.78 is 12.3. The summed E-state index contributed by atoms with van der Waals surface area (Å²) in [6.07, 6.45) is 12.2. The topological polar surface area (TPSA) is 75.2 Å². The number of rotatable bonds is 6. The highest BCUT2D eigenvalue weighted by Crippen LogP contribution is 2.37. The molecule has 1 unspecified atom stereocenters. The zero-order valence-electron chi connectivity index (χ0n) is 18.1. The second-order valence-electron chi connectivity index (χ2n) is 8.74. The lowest BCUT2D eigenvalue weighted by atomic mass is 9.89. The molecule has 1 aliphatic heterocycles. The number of nitrogens with zero attached hydrogens (tertiary/aromatic N) is 2. The van der Waals surface area contributed by atoms with Gasteiger partial charge in [0.25, 0.3) is 0 Å². The minimum Gasteiger partial charge on any atom is -0.356 e. The van der Waals surface area contributed by atoms with Gasteiger partial charge in [-0.3, -0.25) is 4.79 Å². The van der Waals surface area contributed by atoms with Gasteiger partial charge in [-0.05, 0) is 31.6 Å². The Morgan fingerprint density at radius 3 is 2.38 bits per heavy atom. The summed E-state index contributed by atoms with van der Waals surface area (Å²) in [7, 11) is 3.52. The van der Waals surface area contributed by atoms with Crippen LogP contribution in [0.2, 0.25) is 0 Å². The number of nitrogens with one attached hydrogen (secondary N) is 2. The van der Waals surface area contributed by atoms with Crippen LogP contribution in [0.3, 0.4) is 0 Å². The maximum Gasteiger partial charge on any atom is 0.243 e. The van der Waals surface area contributed by atoms with E-state index in [4.69, 9.17) is 9.47 Å². The molecule has 2 aliphatic carbocycles. The number of likely N-dealkylation sites (N-methyl/N-ethyl adjacent to an activating group) is 1. The van der Waals surface area contributed by atoms with Crippen LogP contribution in [-0.2, 0) is 14.3 Å². The van der Waals surface area contributed by atoms with Crippen molar-refractivity contribution in [3.8, 4) is 0 Å². The lowest BCUT2D eigenvalue weighted by Gasteiger charge is -2.31. The Bertz CT molecular complexity index is 532. The van der Waals surface area contributed by atoms with Crippen LogP contribution in [-0.4, -0.2) is 69.0 Å². The highest BCUT2D eigenvalue weighted by Gasteiger charge is 2.42. The summed E-state index contributed by atoms with van der Waals surface area (Å²) in [6, 6.07) is 0. The van der Waals surface area contributed by atoms with E-state index in [1.54, 1.807) is 19.0 Å². The van der Waals surface area contributed by atoms with Gasteiger partial charge < -0.3 is 25.0 Å². The summed E-state index contributed by atoms with van der Waals surface area (Å²) in [5.74, 6) is 1.05. The molecule has 0 aromatic carbocycles. The molecule has 1 atom stereocenters. The summed E-state index contributed by atoms with van der Waals surface area (Å²) in [6.45, 7) is 2.33. The molecule has 1 heterocycles. The Morgan fingerprint density at radius 2 is 1.69 bits per heavy atom. The van der Waals surface area contributed by atoms with Crippen LogP contribution in [0.5, 0.6) is 0 Å². The van der Waals surface area contributed by atoms with Crippen molar-refractivity contribution in [2.24, 2.45) is 10.9 Å². The number of amides is 1. The second-order valence-corrected chi connectivity index (χ2v) is 8.74. The molecule has 3 rings (SSSR count). The fourth-order valence-electron chi connectivity index (χ4n) is 4.38. The first-order chi connectivity index (χ1) is 13.6. The van der Waals surface area contributed by atoms with E-state index in [1.807, 2.05) is 0 Å². The molecule has 2 N–H and O–H groups in total. The number of carbonyl (C=O) groups excluding carboxylic acids is 1. The van der Waals surface area contributed by atoms with Gasteiger partial charge in [-0.25, -0.2) is 4.99 Å². The SMILES string of the molecule is CN(C)C(=O)CN=C(NCC1CCCCC1)NCC1COC2(CCCCC2)O1.I. The lowest BCUT2D eigenvalue weighted by Crippen LogP contribution is -2.44. The van der Waals surface area contributed by atoms with Gasteiger partial charge in [0.2, 0.25) is 5.91 Å². The van der Waals surface area contributed by atoms with Crippen LogP contribution in [0.1, 0.15) is 64.2 Å². The van der Waals surface area contributed by atoms with Crippen molar-refractivity contribution in [3.05, 3.63) is 0 Å². The van der Waals surface area contributed by atoms with Crippen molar-refractivity contribution in [2.75, 3.05) is 40.3 Å². The van der Waals surface area contributed by atoms with E-state index in [0.717, 1.165) is 19.4 Å². The summed E-state index contributed by atoms with van der Waals surface area (Å²) >= 11 is 0. The van der Waals surface area contributed by atoms with Gasteiger partial charge in [0, 0.05) is 40.0 Å². The molecule has 1 amide bonds. The molecule has 3 aliphatic rings. The first-order valence-electron chi connectivity index (χ1n) is 11.1. The van der Waals surface area contributed by atoms with E-state index in [9.17, 15) is 4.79 Å². The number of hydrogen-bond acceptors (Lipinski definition) is 4. The zero-order chi connectivity index (χ0) is 19.8. The molecule has 3 fully saturated rings. The van der Waals surface area contributed by atoms with E-state index in [0.29, 0.717) is 25.0 Å². The molecule has 0 radical (unpaired) electrons. The molecular formula is C21H39IN4O3. The van der Waals surface area contributed by atoms with E-state index in [2.05, 4.69) is 15.6 Å². The van der Waals surface area contributed by atoms with Crippen molar-refractivity contribution >= 4 is 35.8 Å². The van der Waals surface area contributed by atoms with Crippen molar-refractivity contribution in [2.45, 2.75) is 76.1 Å². The molecule has 0 aromatic rings. The van der Waals surface area contributed by atoms with E-state index in [1.165, 1.54) is 51.4 Å². The van der Waals surface area contributed by atoms with E-state index >= 15 is 0 Å². The predicted molar refractivity (Wildman–Crippen MR) is 126 cm³/mol. The van der Waals surface area contributed by atoms with E-state index < -0.39 is 0 Å². The Hall–Kier alpha value is -0.610. The first kappa shape index (κ1) is 24.7.